The smallest absolute Gasteiger partial charge is 0.257 e. The summed E-state index contributed by atoms with van der Waals surface area (Å²) in [7, 11) is -3.34. The maximum atomic E-state index is 11.4. The molecule has 0 unspecified atom stereocenters. The Balaban J connectivity index is 2.06. The van der Waals surface area contributed by atoms with Gasteiger partial charge in [-0.15, -0.1) is 11.3 Å². The second-order valence-electron chi connectivity index (χ2n) is 3.43. The van der Waals surface area contributed by atoms with E-state index in [1.54, 1.807) is 0 Å². The lowest BCUT2D eigenvalue weighted by Crippen LogP contribution is -2.11. The van der Waals surface area contributed by atoms with Crippen LogP contribution in [0.5, 0.6) is 0 Å². The van der Waals surface area contributed by atoms with Gasteiger partial charge in [-0.1, -0.05) is 6.07 Å². The van der Waals surface area contributed by atoms with Gasteiger partial charge in [0, 0.05) is 0 Å². The number of nitrogens with zero attached hydrogens (tertiary/aromatic N) is 2. The molecule has 0 amide bonds. The Morgan fingerprint density at radius 1 is 1.56 bits per heavy atom. The van der Waals surface area contributed by atoms with Crippen molar-refractivity contribution in [2.24, 2.45) is 15.1 Å². The van der Waals surface area contributed by atoms with Crippen LogP contribution in [0, 0.1) is 0 Å². The molecular weight excluding hydrogens is 246 g/mol. The number of nitrogens with two attached hydrogens (primary N) is 1. The average molecular weight is 257 g/mol. The Morgan fingerprint density at radius 3 is 2.88 bits per heavy atom. The summed E-state index contributed by atoms with van der Waals surface area (Å²) in [4.78, 5) is 4.60. The monoisotopic (exact) mass is 257 g/mol. The van der Waals surface area contributed by atoms with E-state index in [1.165, 1.54) is 11.3 Å². The molecule has 0 spiro atoms. The predicted molar refractivity (Wildman–Crippen MR) is 65.5 cm³/mol. The molecule has 7 heteroatoms. The van der Waals surface area contributed by atoms with Crippen LogP contribution in [-0.2, 0) is 10.0 Å². The number of amidine groups is 1. The molecule has 0 aliphatic heterocycles. The first-order valence-electron chi connectivity index (χ1n) is 4.74. The van der Waals surface area contributed by atoms with Crippen LogP contribution in [0.25, 0.3) is 0 Å². The first-order chi connectivity index (χ1) is 7.59. The van der Waals surface area contributed by atoms with Crippen LogP contribution < -0.4 is 5.73 Å². The van der Waals surface area contributed by atoms with Crippen molar-refractivity contribution in [2.75, 3.05) is 0 Å². The fourth-order valence-electron chi connectivity index (χ4n) is 1.09. The van der Waals surface area contributed by atoms with Crippen LogP contribution in [0.15, 0.2) is 26.9 Å². The number of aliphatic imine (C=N–C) groups is 1. The van der Waals surface area contributed by atoms with Crippen LogP contribution in [-0.4, -0.2) is 25.8 Å². The topological polar surface area (TPSA) is 84.9 Å². The Morgan fingerprint density at radius 2 is 2.31 bits per heavy atom. The van der Waals surface area contributed by atoms with Crippen molar-refractivity contribution >= 4 is 33.5 Å². The van der Waals surface area contributed by atoms with Crippen LogP contribution in [0.3, 0.4) is 0 Å². The summed E-state index contributed by atoms with van der Waals surface area (Å²) in [6.07, 6.45) is 2.41. The van der Waals surface area contributed by atoms with Gasteiger partial charge >= 0.3 is 0 Å². The maximum Gasteiger partial charge on any atom is 0.257 e. The number of hydrogen-bond acceptors (Lipinski definition) is 3. The zero-order valence-electron chi connectivity index (χ0n) is 8.41. The lowest BCUT2D eigenvalue weighted by atomic mass is 10.4. The molecule has 1 fully saturated rings. The van der Waals surface area contributed by atoms with E-state index in [-0.39, 0.29) is 11.1 Å². The van der Waals surface area contributed by atoms with E-state index in [0.29, 0.717) is 12.8 Å². The van der Waals surface area contributed by atoms with E-state index < -0.39 is 10.0 Å². The largest absolute Gasteiger partial charge is 0.382 e. The molecule has 0 saturated heterocycles. The van der Waals surface area contributed by atoms with E-state index in [4.69, 9.17) is 5.73 Å². The molecule has 16 heavy (non-hydrogen) atoms. The van der Waals surface area contributed by atoms with Gasteiger partial charge in [0.25, 0.3) is 10.0 Å². The fraction of sp³-hybridized carbons (Fsp3) is 0.333. The lowest BCUT2D eigenvalue weighted by molar-refractivity contribution is 0.597. The summed E-state index contributed by atoms with van der Waals surface area (Å²) in [6.45, 7) is 0. The number of hydrogen-bond donors (Lipinski definition) is 1. The van der Waals surface area contributed by atoms with Gasteiger partial charge in [-0.25, -0.2) is 13.4 Å². The highest BCUT2D eigenvalue weighted by Gasteiger charge is 2.35. The van der Waals surface area contributed by atoms with Gasteiger partial charge < -0.3 is 5.73 Å². The molecule has 0 bridgehead atoms. The fourth-order valence-corrected chi connectivity index (χ4v) is 2.81. The Bertz CT molecular complexity index is 513. The van der Waals surface area contributed by atoms with E-state index in [9.17, 15) is 8.42 Å². The van der Waals surface area contributed by atoms with Gasteiger partial charge in [0.05, 0.1) is 10.1 Å². The first-order valence-corrected chi connectivity index (χ1v) is 7.12. The van der Waals surface area contributed by atoms with Crippen LogP contribution >= 0.6 is 11.3 Å². The zero-order valence-corrected chi connectivity index (χ0v) is 10.0. The van der Waals surface area contributed by atoms with Crippen molar-refractivity contribution in [3.8, 4) is 0 Å². The van der Waals surface area contributed by atoms with Crippen molar-refractivity contribution in [3.63, 3.8) is 0 Å². The van der Waals surface area contributed by atoms with E-state index in [2.05, 4.69) is 9.39 Å². The average Bonchev–Trinajstić information content (AvgIpc) is 2.95. The molecule has 1 saturated carbocycles. The van der Waals surface area contributed by atoms with E-state index >= 15 is 0 Å². The Hall–Kier alpha value is -1.21. The van der Waals surface area contributed by atoms with Crippen molar-refractivity contribution in [2.45, 2.75) is 18.1 Å². The van der Waals surface area contributed by atoms with Crippen molar-refractivity contribution < 1.29 is 8.42 Å². The van der Waals surface area contributed by atoms with Gasteiger partial charge in [-0.2, -0.15) is 4.40 Å². The maximum absolute atomic E-state index is 11.4. The molecule has 1 aliphatic rings. The molecule has 1 aliphatic carbocycles. The lowest BCUT2D eigenvalue weighted by Gasteiger charge is -1.93. The van der Waals surface area contributed by atoms with Crippen LogP contribution in [0.4, 0.5) is 0 Å². The molecule has 0 aromatic carbocycles. The molecule has 0 radical (unpaired) electrons. The van der Waals surface area contributed by atoms with Gasteiger partial charge in [-0.05, 0) is 24.3 Å². The second-order valence-corrected chi connectivity index (χ2v) is 6.28. The third-order valence-electron chi connectivity index (χ3n) is 2.11. The number of sulfonamides is 1. The Labute approximate surface area is 97.8 Å². The molecular formula is C9H11N3O2S2. The molecule has 5 nitrogen and oxygen atoms in total. The van der Waals surface area contributed by atoms with Gasteiger partial charge in [0.1, 0.15) is 12.2 Å². The highest BCUT2D eigenvalue weighted by molar-refractivity contribution is 7.91. The quantitative estimate of drug-likeness (QED) is 0.644. The van der Waals surface area contributed by atoms with Crippen LogP contribution in [0.2, 0.25) is 0 Å². The summed E-state index contributed by atoms with van der Waals surface area (Å²) in [5.41, 5.74) is 5.63. The highest BCUT2D eigenvalue weighted by atomic mass is 32.2. The molecule has 1 aromatic rings. The standard InChI is InChI=1S/C9H11N3O2S2/c10-9(8-2-1-5-15-8)11-6-12-16(13,14)7-3-4-7/h1-2,5-7H,3-4H2,(H2,10,11,12). The van der Waals surface area contributed by atoms with Crippen molar-refractivity contribution in [3.05, 3.63) is 22.4 Å². The third kappa shape index (κ3) is 2.67. The highest BCUT2D eigenvalue weighted by Crippen LogP contribution is 2.29. The van der Waals surface area contributed by atoms with Crippen LogP contribution in [0.1, 0.15) is 17.7 Å². The zero-order chi connectivity index (χ0) is 11.6. The third-order valence-corrected chi connectivity index (χ3v) is 4.70. The summed E-state index contributed by atoms with van der Waals surface area (Å²) >= 11 is 1.44. The molecule has 86 valence electrons. The van der Waals surface area contributed by atoms with E-state index in [1.807, 2.05) is 17.5 Å². The first kappa shape index (κ1) is 11.3. The molecule has 2 rings (SSSR count). The SMILES string of the molecule is NC(=N/C=N/S(=O)(=O)C1CC1)c1cccs1. The molecule has 2 N–H and O–H groups in total. The van der Waals surface area contributed by atoms with Gasteiger partial charge in [0.2, 0.25) is 0 Å². The van der Waals surface area contributed by atoms with E-state index in [0.717, 1.165) is 11.2 Å². The summed E-state index contributed by atoms with van der Waals surface area (Å²) in [5.74, 6) is 0.282. The summed E-state index contributed by atoms with van der Waals surface area (Å²) in [6, 6.07) is 3.66. The minimum atomic E-state index is -3.34. The Kier molecular flexibility index (Phi) is 3.06. The summed E-state index contributed by atoms with van der Waals surface area (Å²) in [5, 5.41) is 1.57. The minimum absolute atomic E-state index is 0.282. The van der Waals surface area contributed by atoms with Gasteiger partial charge in [0.15, 0.2) is 0 Å². The summed E-state index contributed by atoms with van der Waals surface area (Å²) < 4.78 is 26.2. The predicted octanol–water partition coefficient (Wildman–Crippen LogP) is 0.974. The molecule has 0 atom stereocenters. The number of rotatable bonds is 4. The number of thiophene rings is 1. The second kappa shape index (κ2) is 4.34. The molecule has 1 aromatic heterocycles. The minimum Gasteiger partial charge on any atom is -0.382 e. The normalized spacial score (nSPS) is 18.1. The molecule has 1 heterocycles. The van der Waals surface area contributed by atoms with Crippen molar-refractivity contribution in [1.29, 1.82) is 0 Å². The van der Waals surface area contributed by atoms with Crippen molar-refractivity contribution in [1.82, 2.24) is 0 Å². The van der Waals surface area contributed by atoms with Gasteiger partial charge in [-0.3, -0.25) is 0 Å².